The maximum atomic E-state index is 11.8. The van der Waals surface area contributed by atoms with Crippen LogP contribution in [0.3, 0.4) is 0 Å². The zero-order valence-electron chi connectivity index (χ0n) is 11.1. The first-order chi connectivity index (χ1) is 9.47. The van der Waals surface area contributed by atoms with E-state index >= 15 is 0 Å². The number of hydrogen-bond donors (Lipinski definition) is 1. The molecule has 2 heterocycles. The summed E-state index contributed by atoms with van der Waals surface area (Å²) in [7, 11) is 0. The Balaban J connectivity index is 2.32. The first-order valence-electron chi connectivity index (χ1n) is 6.23. The predicted octanol–water partition coefficient (Wildman–Crippen LogP) is 2.17. The number of hydrogen-bond acceptors (Lipinski definition) is 4. The average Bonchev–Trinajstić information content (AvgIpc) is 2.39. The molecule has 1 aliphatic rings. The Kier molecular flexibility index (Phi) is 2.64. The van der Waals surface area contributed by atoms with Crippen LogP contribution in [0.2, 0.25) is 0 Å². The van der Waals surface area contributed by atoms with Gasteiger partial charge in [-0.25, -0.2) is 4.79 Å². The number of fused-ring (bicyclic) bond motifs is 3. The zero-order chi connectivity index (χ0) is 14.4. The monoisotopic (exact) mass is 271 g/mol. The van der Waals surface area contributed by atoms with Crippen molar-refractivity contribution >= 4 is 5.91 Å². The highest BCUT2D eigenvalue weighted by Gasteiger charge is 2.27. The number of carbonyl (C=O) groups is 1. The fourth-order valence-electron chi connectivity index (χ4n) is 2.35. The van der Waals surface area contributed by atoms with E-state index in [9.17, 15) is 9.59 Å². The lowest BCUT2D eigenvalue weighted by Gasteiger charge is -2.25. The Morgan fingerprint density at radius 2 is 2.05 bits per heavy atom. The second kappa shape index (κ2) is 4.23. The molecule has 1 aromatic carbocycles. The van der Waals surface area contributed by atoms with Gasteiger partial charge in [-0.05, 0) is 32.0 Å². The van der Waals surface area contributed by atoms with Gasteiger partial charge in [0.25, 0.3) is 5.91 Å². The topological polar surface area (TPSA) is 82.5 Å². The van der Waals surface area contributed by atoms with Gasteiger partial charge in [-0.15, -0.1) is 0 Å². The molecule has 0 bridgehead atoms. The molecule has 0 spiro atoms. The molecule has 2 aromatic rings. The van der Waals surface area contributed by atoms with Crippen LogP contribution in [-0.4, -0.2) is 5.91 Å². The molecule has 0 radical (unpaired) electrons. The summed E-state index contributed by atoms with van der Waals surface area (Å²) in [6.07, 6.45) is -0.317. The van der Waals surface area contributed by atoms with Gasteiger partial charge in [0, 0.05) is 5.56 Å². The lowest BCUT2D eigenvalue weighted by Crippen LogP contribution is -2.23. The molecule has 0 aliphatic carbocycles. The molecule has 0 saturated heterocycles. The first kappa shape index (κ1) is 12.5. The maximum Gasteiger partial charge on any atom is 0.349 e. The molecule has 1 aromatic heterocycles. The Labute approximate surface area is 115 Å². The van der Waals surface area contributed by atoms with E-state index in [1.165, 1.54) is 6.07 Å². The molecule has 3 rings (SSSR count). The highest BCUT2D eigenvalue weighted by molar-refractivity contribution is 5.93. The molecule has 0 fully saturated rings. The van der Waals surface area contributed by atoms with Crippen LogP contribution in [-0.2, 0) is 0 Å². The van der Waals surface area contributed by atoms with Crippen molar-refractivity contribution in [2.75, 3.05) is 0 Å². The van der Waals surface area contributed by atoms with E-state index in [-0.39, 0.29) is 11.7 Å². The minimum atomic E-state index is -0.802. The lowest BCUT2D eigenvalue weighted by molar-refractivity contribution is 0.0996. The minimum absolute atomic E-state index is 0.157. The number of ether oxygens (including phenoxy) is 1. The van der Waals surface area contributed by atoms with E-state index in [1.807, 2.05) is 32.0 Å². The van der Waals surface area contributed by atoms with E-state index < -0.39 is 11.5 Å². The van der Waals surface area contributed by atoms with E-state index in [0.717, 1.165) is 5.56 Å². The van der Waals surface area contributed by atoms with Crippen LogP contribution in [0.15, 0.2) is 33.5 Å². The number of amides is 1. The van der Waals surface area contributed by atoms with Crippen molar-refractivity contribution in [1.29, 1.82) is 0 Å². The molecular weight excluding hydrogens is 258 g/mol. The van der Waals surface area contributed by atoms with Crippen LogP contribution in [0.25, 0.3) is 11.3 Å². The van der Waals surface area contributed by atoms with Crippen molar-refractivity contribution in [3.8, 4) is 17.1 Å². The highest BCUT2D eigenvalue weighted by atomic mass is 16.5. The van der Waals surface area contributed by atoms with E-state index in [4.69, 9.17) is 14.9 Å². The number of rotatable bonds is 1. The Bertz CT molecular complexity index is 776. The van der Waals surface area contributed by atoms with Crippen LogP contribution >= 0.6 is 0 Å². The van der Waals surface area contributed by atoms with Crippen LogP contribution in [0, 0.1) is 6.92 Å². The number of carbonyl (C=O) groups excluding carboxylic acids is 1. The van der Waals surface area contributed by atoms with Crippen LogP contribution < -0.4 is 16.1 Å². The molecule has 2 N–H and O–H groups in total. The molecule has 20 heavy (non-hydrogen) atoms. The van der Waals surface area contributed by atoms with Crippen molar-refractivity contribution in [3.05, 3.63) is 51.4 Å². The summed E-state index contributed by atoms with van der Waals surface area (Å²) in [6, 6.07) is 7.10. The SMILES string of the molecule is Cc1ccc2c(c1)-c1oc(=O)c(C(N)=O)cc1[C@@H](C)O2. The summed E-state index contributed by atoms with van der Waals surface area (Å²) in [5.41, 5.74) is 6.68. The van der Waals surface area contributed by atoms with Gasteiger partial charge in [-0.2, -0.15) is 0 Å². The quantitative estimate of drug-likeness (QED) is 0.861. The largest absolute Gasteiger partial charge is 0.485 e. The summed E-state index contributed by atoms with van der Waals surface area (Å²) >= 11 is 0. The van der Waals surface area contributed by atoms with Crippen LogP contribution in [0.4, 0.5) is 0 Å². The predicted molar refractivity (Wildman–Crippen MR) is 72.7 cm³/mol. The Morgan fingerprint density at radius 3 is 2.75 bits per heavy atom. The molecule has 5 heteroatoms. The summed E-state index contributed by atoms with van der Waals surface area (Å²) < 4.78 is 11.1. The summed E-state index contributed by atoms with van der Waals surface area (Å²) in [6.45, 7) is 3.76. The Morgan fingerprint density at radius 1 is 1.30 bits per heavy atom. The number of primary amides is 1. The van der Waals surface area contributed by atoms with Gasteiger partial charge in [-0.1, -0.05) is 11.6 Å². The fraction of sp³-hybridized carbons (Fsp3) is 0.200. The maximum absolute atomic E-state index is 11.8. The van der Waals surface area contributed by atoms with Crippen molar-refractivity contribution in [2.45, 2.75) is 20.0 Å². The number of aryl methyl sites for hydroxylation is 1. The summed E-state index contributed by atoms with van der Waals surface area (Å²) in [5.74, 6) is 0.298. The van der Waals surface area contributed by atoms with Gasteiger partial charge in [0.1, 0.15) is 23.2 Å². The molecule has 102 valence electrons. The molecule has 0 saturated carbocycles. The summed E-state index contributed by atoms with van der Waals surface area (Å²) in [4.78, 5) is 23.1. The lowest BCUT2D eigenvalue weighted by atomic mass is 9.97. The second-order valence-corrected chi connectivity index (χ2v) is 4.86. The van der Waals surface area contributed by atoms with Gasteiger partial charge in [0.15, 0.2) is 0 Å². The molecule has 1 aliphatic heterocycles. The molecule has 5 nitrogen and oxygen atoms in total. The van der Waals surface area contributed by atoms with E-state index in [2.05, 4.69) is 0 Å². The van der Waals surface area contributed by atoms with Crippen molar-refractivity contribution in [1.82, 2.24) is 0 Å². The van der Waals surface area contributed by atoms with E-state index in [1.54, 1.807) is 0 Å². The molecule has 1 atom stereocenters. The number of nitrogens with two attached hydrogens (primary N) is 1. The Hall–Kier alpha value is -2.56. The zero-order valence-corrected chi connectivity index (χ0v) is 11.1. The first-order valence-corrected chi connectivity index (χ1v) is 6.23. The van der Waals surface area contributed by atoms with Gasteiger partial charge < -0.3 is 14.9 Å². The third-order valence-corrected chi connectivity index (χ3v) is 3.36. The minimum Gasteiger partial charge on any atom is -0.485 e. The molecule has 0 unspecified atom stereocenters. The average molecular weight is 271 g/mol. The van der Waals surface area contributed by atoms with Crippen molar-refractivity contribution in [3.63, 3.8) is 0 Å². The smallest absolute Gasteiger partial charge is 0.349 e. The summed E-state index contributed by atoms with van der Waals surface area (Å²) in [5, 5.41) is 0. The third kappa shape index (κ3) is 1.79. The van der Waals surface area contributed by atoms with Crippen LogP contribution in [0.5, 0.6) is 5.75 Å². The van der Waals surface area contributed by atoms with Crippen LogP contribution in [0.1, 0.15) is 34.5 Å². The van der Waals surface area contributed by atoms with Gasteiger partial charge >= 0.3 is 5.63 Å². The van der Waals surface area contributed by atoms with E-state index in [0.29, 0.717) is 22.6 Å². The van der Waals surface area contributed by atoms with Crippen molar-refractivity contribution < 1.29 is 13.9 Å². The number of benzene rings is 1. The van der Waals surface area contributed by atoms with Crippen molar-refractivity contribution in [2.24, 2.45) is 5.73 Å². The van der Waals surface area contributed by atoms with Gasteiger partial charge in [0.05, 0.1) is 5.56 Å². The van der Waals surface area contributed by atoms with Gasteiger partial charge in [0.2, 0.25) is 0 Å². The normalized spacial score (nSPS) is 16.0. The fourth-order valence-corrected chi connectivity index (χ4v) is 2.35. The second-order valence-electron chi connectivity index (χ2n) is 4.86. The molecule has 1 amide bonds. The third-order valence-electron chi connectivity index (χ3n) is 3.36. The van der Waals surface area contributed by atoms with Gasteiger partial charge in [-0.3, -0.25) is 4.79 Å². The standard InChI is InChI=1S/C15H13NO4/c1-7-3-4-12-10(5-7)13-9(8(2)19-12)6-11(14(16)17)15(18)20-13/h3-6,8H,1-2H3,(H2,16,17)/t8-/m1/s1. The molecular formula is C15H13NO4. The highest BCUT2D eigenvalue weighted by Crippen LogP contribution is 2.42.